The third-order valence-electron chi connectivity index (χ3n) is 2.64. The zero-order valence-corrected chi connectivity index (χ0v) is 10.1. The van der Waals surface area contributed by atoms with Crippen LogP contribution in [0.4, 0.5) is 0 Å². The van der Waals surface area contributed by atoms with Crippen LogP contribution in [0.25, 0.3) is 0 Å². The van der Waals surface area contributed by atoms with Gasteiger partial charge in [0, 0.05) is 19.0 Å². The van der Waals surface area contributed by atoms with E-state index in [0.29, 0.717) is 6.42 Å². The molecule has 2 unspecified atom stereocenters. The first-order valence-corrected chi connectivity index (χ1v) is 5.88. The van der Waals surface area contributed by atoms with Crippen LogP contribution in [0.1, 0.15) is 31.4 Å². The molecular formula is C13H20N2O2. The highest BCUT2D eigenvalue weighted by Gasteiger charge is 2.11. The van der Waals surface area contributed by atoms with Crippen LogP contribution in [0, 0.1) is 0 Å². The van der Waals surface area contributed by atoms with Gasteiger partial charge in [-0.2, -0.15) is 0 Å². The molecule has 0 aliphatic heterocycles. The second-order valence-corrected chi connectivity index (χ2v) is 4.09. The Morgan fingerprint density at radius 1 is 1.41 bits per heavy atom. The van der Waals surface area contributed by atoms with E-state index >= 15 is 0 Å². The maximum absolute atomic E-state index is 11.5. The molecule has 0 fully saturated rings. The number of nitrogens with two attached hydrogens (primary N) is 1. The molecule has 0 spiro atoms. The topological polar surface area (TPSA) is 75.3 Å². The summed E-state index contributed by atoms with van der Waals surface area (Å²) in [5.74, 6) is -0.131. The molecule has 1 aromatic carbocycles. The van der Waals surface area contributed by atoms with Gasteiger partial charge in [0.2, 0.25) is 5.91 Å². The van der Waals surface area contributed by atoms with Crippen molar-refractivity contribution in [2.24, 2.45) is 5.73 Å². The van der Waals surface area contributed by atoms with Crippen molar-refractivity contribution in [2.45, 2.75) is 31.9 Å². The molecule has 0 aliphatic rings. The van der Waals surface area contributed by atoms with Crippen LogP contribution in [0.15, 0.2) is 30.3 Å². The normalized spacial score (nSPS) is 14.1. The minimum Gasteiger partial charge on any atom is -0.391 e. The fourth-order valence-electron chi connectivity index (χ4n) is 1.47. The number of nitrogens with one attached hydrogen (secondary N) is 1. The lowest BCUT2D eigenvalue weighted by molar-refractivity contribution is -0.121. The average molecular weight is 236 g/mol. The lowest BCUT2D eigenvalue weighted by Gasteiger charge is -2.13. The first-order chi connectivity index (χ1) is 8.13. The Morgan fingerprint density at radius 3 is 2.65 bits per heavy atom. The van der Waals surface area contributed by atoms with E-state index in [1.54, 1.807) is 0 Å². The van der Waals surface area contributed by atoms with Gasteiger partial charge in [-0.1, -0.05) is 37.3 Å². The summed E-state index contributed by atoms with van der Waals surface area (Å²) >= 11 is 0. The van der Waals surface area contributed by atoms with Crippen LogP contribution in [0.5, 0.6) is 0 Å². The Bertz CT molecular complexity index is 341. The molecule has 17 heavy (non-hydrogen) atoms. The van der Waals surface area contributed by atoms with E-state index in [2.05, 4.69) is 5.32 Å². The van der Waals surface area contributed by atoms with Crippen LogP contribution in [0.2, 0.25) is 0 Å². The van der Waals surface area contributed by atoms with E-state index < -0.39 is 6.10 Å². The van der Waals surface area contributed by atoms with Crippen molar-refractivity contribution < 1.29 is 9.90 Å². The summed E-state index contributed by atoms with van der Waals surface area (Å²) < 4.78 is 0. The standard InChI is InChI=1S/C13H20N2O2/c1-2-11(16)9-15-13(17)8-12(14)10-6-4-3-5-7-10/h3-7,11-12,16H,2,8-9,14H2,1H3,(H,15,17). The van der Waals surface area contributed by atoms with Gasteiger partial charge in [-0.15, -0.1) is 0 Å². The molecule has 4 heteroatoms. The number of aliphatic hydroxyl groups is 1. The number of rotatable bonds is 6. The molecule has 0 aromatic heterocycles. The summed E-state index contributed by atoms with van der Waals surface area (Å²) in [4.78, 5) is 11.5. The third kappa shape index (κ3) is 4.97. The van der Waals surface area contributed by atoms with Gasteiger partial charge in [0.1, 0.15) is 0 Å². The minimum absolute atomic E-state index is 0.131. The van der Waals surface area contributed by atoms with Crippen molar-refractivity contribution in [2.75, 3.05) is 6.54 Å². The highest BCUT2D eigenvalue weighted by atomic mass is 16.3. The molecule has 0 bridgehead atoms. The van der Waals surface area contributed by atoms with Gasteiger partial charge >= 0.3 is 0 Å². The predicted molar refractivity (Wildman–Crippen MR) is 67.3 cm³/mol. The summed E-state index contributed by atoms with van der Waals surface area (Å²) in [5, 5.41) is 12.0. The van der Waals surface area contributed by atoms with Crippen molar-refractivity contribution in [1.29, 1.82) is 0 Å². The van der Waals surface area contributed by atoms with Gasteiger partial charge in [0.05, 0.1) is 6.10 Å². The molecule has 0 heterocycles. The molecule has 1 amide bonds. The summed E-state index contributed by atoms with van der Waals surface area (Å²) in [5.41, 5.74) is 6.85. The van der Waals surface area contributed by atoms with Gasteiger partial charge in [0.15, 0.2) is 0 Å². The molecule has 0 aliphatic carbocycles. The van der Waals surface area contributed by atoms with Crippen molar-refractivity contribution in [3.8, 4) is 0 Å². The SMILES string of the molecule is CCC(O)CNC(=O)CC(N)c1ccccc1. The van der Waals surface area contributed by atoms with Crippen LogP contribution in [-0.2, 0) is 4.79 Å². The van der Waals surface area contributed by atoms with E-state index in [4.69, 9.17) is 5.73 Å². The van der Waals surface area contributed by atoms with E-state index in [-0.39, 0.29) is 24.9 Å². The quantitative estimate of drug-likeness (QED) is 0.688. The van der Waals surface area contributed by atoms with Crippen LogP contribution < -0.4 is 11.1 Å². The van der Waals surface area contributed by atoms with Gasteiger partial charge in [-0.25, -0.2) is 0 Å². The maximum atomic E-state index is 11.5. The van der Waals surface area contributed by atoms with E-state index in [9.17, 15) is 9.90 Å². The second kappa shape index (κ2) is 7.04. The number of aliphatic hydroxyl groups excluding tert-OH is 1. The molecule has 94 valence electrons. The zero-order valence-electron chi connectivity index (χ0n) is 10.1. The van der Waals surface area contributed by atoms with Gasteiger partial charge in [-0.05, 0) is 12.0 Å². The molecular weight excluding hydrogens is 216 g/mol. The molecule has 0 saturated carbocycles. The predicted octanol–water partition coefficient (Wildman–Crippen LogP) is 0.964. The number of carbonyl (C=O) groups is 1. The Kier molecular flexibility index (Phi) is 5.66. The lowest BCUT2D eigenvalue weighted by Crippen LogP contribution is -2.33. The summed E-state index contributed by atoms with van der Waals surface area (Å²) in [6, 6.07) is 9.21. The van der Waals surface area contributed by atoms with Crippen LogP contribution in [-0.4, -0.2) is 23.7 Å². The maximum Gasteiger partial charge on any atom is 0.221 e. The number of hydrogen-bond acceptors (Lipinski definition) is 3. The number of carbonyl (C=O) groups excluding carboxylic acids is 1. The fraction of sp³-hybridized carbons (Fsp3) is 0.462. The highest BCUT2D eigenvalue weighted by molar-refractivity contribution is 5.76. The molecule has 1 aromatic rings. The number of benzene rings is 1. The van der Waals surface area contributed by atoms with Crippen molar-refractivity contribution >= 4 is 5.91 Å². The van der Waals surface area contributed by atoms with Crippen LogP contribution >= 0.6 is 0 Å². The Labute approximate surface area is 102 Å². The number of hydrogen-bond donors (Lipinski definition) is 3. The van der Waals surface area contributed by atoms with Crippen molar-refractivity contribution in [3.05, 3.63) is 35.9 Å². The monoisotopic (exact) mass is 236 g/mol. The average Bonchev–Trinajstić information content (AvgIpc) is 2.36. The zero-order chi connectivity index (χ0) is 12.7. The fourth-order valence-corrected chi connectivity index (χ4v) is 1.47. The molecule has 4 N–H and O–H groups in total. The van der Waals surface area contributed by atoms with Crippen molar-refractivity contribution in [1.82, 2.24) is 5.32 Å². The lowest BCUT2D eigenvalue weighted by atomic mass is 10.0. The molecule has 1 rings (SSSR count). The van der Waals surface area contributed by atoms with E-state index in [0.717, 1.165) is 5.56 Å². The molecule has 0 radical (unpaired) electrons. The minimum atomic E-state index is -0.480. The molecule has 2 atom stereocenters. The summed E-state index contributed by atoms with van der Waals surface area (Å²) in [6.07, 6.45) is 0.387. The van der Waals surface area contributed by atoms with E-state index in [1.165, 1.54) is 0 Å². The highest BCUT2D eigenvalue weighted by Crippen LogP contribution is 2.12. The second-order valence-electron chi connectivity index (χ2n) is 4.09. The van der Waals surface area contributed by atoms with Crippen molar-refractivity contribution in [3.63, 3.8) is 0 Å². The molecule has 4 nitrogen and oxygen atoms in total. The third-order valence-corrected chi connectivity index (χ3v) is 2.64. The van der Waals surface area contributed by atoms with E-state index in [1.807, 2.05) is 37.3 Å². The van der Waals surface area contributed by atoms with Gasteiger partial charge in [-0.3, -0.25) is 4.79 Å². The summed E-state index contributed by atoms with van der Waals surface area (Å²) in [7, 11) is 0. The Balaban J connectivity index is 2.36. The molecule has 0 saturated heterocycles. The Hall–Kier alpha value is -1.39. The van der Waals surface area contributed by atoms with Gasteiger partial charge in [0.25, 0.3) is 0 Å². The first-order valence-electron chi connectivity index (χ1n) is 5.88. The first kappa shape index (κ1) is 13.7. The number of amides is 1. The smallest absolute Gasteiger partial charge is 0.221 e. The van der Waals surface area contributed by atoms with Crippen LogP contribution in [0.3, 0.4) is 0 Å². The largest absolute Gasteiger partial charge is 0.391 e. The Morgan fingerprint density at radius 2 is 2.06 bits per heavy atom. The summed E-state index contributed by atoms with van der Waals surface area (Å²) in [6.45, 7) is 2.16. The van der Waals surface area contributed by atoms with Gasteiger partial charge < -0.3 is 16.2 Å².